The quantitative estimate of drug-likeness (QED) is 0.869. The number of ether oxygens (including phenoxy) is 1. The van der Waals surface area contributed by atoms with Gasteiger partial charge in [-0.15, -0.1) is 0 Å². The zero-order valence-electron chi connectivity index (χ0n) is 11.4. The van der Waals surface area contributed by atoms with Gasteiger partial charge in [-0.25, -0.2) is 0 Å². The Balaban J connectivity index is 2.26. The van der Waals surface area contributed by atoms with Crippen LogP contribution in [0.4, 0.5) is 0 Å². The summed E-state index contributed by atoms with van der Waals surface area (Å²) in [4.78, 5) is 2.54. The summed E-state index contributed by atoms with van der Waals surface area (Å²) in [5.41, 5.74) is 8.62. The highest BCUT2D eigenvalue weighted by Crippen LogP contribution is 2.30. The molecule has 2 N–H and O–H groups in total. The third kappa shape index (κ3) is 2.74. The lowest BCUT2D eigenvalue weighted by Crippen LogP contribution is -2.36. The molecule has 0 saturated carbocycles. The maximum Gasteiger partial charge on any atom is 0.0716 e. The van der Waals surface area contributed by atoms with Crippen LogP contribution in [0.25, 0.3) is 0 Å². The van der Waals surface area contributed by atoms with Crippen LogP contribution in [0.2, 0.25) is 0 Å². The minimum Gasteiger partial charge on any atom is -0.380 e. The highest BCUT2D eigenvalue weighted by molar-refractivity contribution is 5.30. The zero-order chi connectivity index (χ0) is 13.0. The number of benzene rings is 1. The first-order valence-corrected chi connectivity index (χ1v) is 6.80. The predicted molar refractivity (Wildman–Crippen MR) is 74.4 cm³/mol. The molecule has 0 bridgehead atoms. The third-order valence-corrected chi connectivity index (χ3v) is 3.94. The summed E-state index contributed by atoms with van der Waals surface area (Å²) >= 11 is 0. The molecule has 1 aliphatic rings. The van der Waals surface area contributed by atoms with Crippen LogP contribution in [0, 0.1) is 0 Å². The maximum atomic E-state index is 6.03. The van der Waals surface area contributed by atoms with E-state index in [9.17, 15) is 0 Å². The van der Waals surface area contributed by atoms with E-state index in [1.807, 2.05) is 0 Å². The third-order valence-electron chi connectivity index (χ3n) is 3.94. The topological polar surface area (TPSA) is 38.5 Å². The summed E-state index contributed by atoms with van der Waals surface area (Å²) in [5, 5.41) is 0. The second-order valence-electron chi connectivity index (χ2n) is 5.11. The Kier molecular flexibility index (Phi) is 4.75. The number of methoxy groups -OCH3 is 1. The van der Waals surface area contributed by atoms with Gasteiger partial charge in [0.05, 0.1) is 6.61 Å². The normalized spacial score (nSPS) is 22.3. The van der Waals surface area contributed by atoms with Gasteiger partial charge in [-0.05, 0) is 37.4 Å². The van der Waals surface area contributed by atoms with Crippen molar-refractivity contribution in [2.24, 2.45) is 5.73 Å². The van der Waals surface area contributed by atoms with Crippen molar-refractivity contribution in [3.8, 4) is 0 Å². The van der Waals surface area contributed by atoms with Gasteiger partial charge >= 0.3 is 0 Å². The second kappa shape index (κ2) is 6.32. The minimum absolute atomic E-state index is 0.328. The summed E-state index contributed by atoms with van der Waals surface area (Å²) in [5.74, 6) is 0. The highest BCUT2D eigenvalue weighted by Gasteiger charge is 2.28. The summed E-state index contributed by atoms with van der Waals surface area (Å²) < 4.78 is 5.29. The fourth-order valence-corrected chi connectivity index (χ4v) is 3.01. The molecule has 0 spiro atoms. The predicted octanol–water partition coefficient (Wildman–Crippen LogP) is 2.32. The smallest absolute Gasteiger partial charge is 0.0716 e. The summed E-state index contributed by atoms with van der Waals surface area (Å²) in [6, 6.07) is 9.46. The first kappa shape index (κ1) is 13.5. The molecule has 1 fully saturated rings. The van der Waals surface area contributed by atoms with E-state index in [1.54, 1.807) is 7.11 Å². The van der Waals surface area contributed by atoms with Crippen molar-refractivity contribution in [3.63, 3.8) is 0 Å². The number of nitrogens with zero attached hydrogens (tertiary/aromatic N) is 1. The molecule has 0 radical (unpaired) electrons. The van der Waals surface area contributed by atoms with Crippen LogP contribution >= 0.6 is 0 Å². The van der Waals surface area contributed by atoms with Gasteiger partial charge in [0.25, 0.3) is 0 Å². The lowest BCUT2D eigenvalue weighted by atomic mass is 9.99. The monoisotopic (exact) mass is 248 g/mol. The fraction of sp³-hybridized carbons (Fsp3) is 0.600. The second-order valence-corrected chi connectivity index (χ2v) is 5.11. The maximum absolute atomic E-state index is 6.03. The Labute approximate surface area is 110 Å². The van der Waals surface area contributed by atoms with E-state index in [2.05, 4.69) is 36.1 Å². The largest absolute Gasteiger partial charge is 0.380 e. The van der Waals surface area contributed by atoms with Gasteiger partial charge in [0, 0.05) is 25.7 Å². The lowest BCUT2D eigenvalue weighted by Gasteiger charge is -2.32. The molecule has 1 aromatic carbocycles. The number of hydrogen-bond donors (Lipinski definition) is 1. The van der Waals surface area contributed by atoms with Crippen molar-refractivity contribution in [1.82, 2.24) is 4.90 Å². The standard InChI is InChI=1S/C15H24N2O/c1-12-6-5-9-17(12)15(10-16)14-8-4-3-7-13(14)11-18-2/h3-4,7-8,12,15H,5-6,9-11,16H2,1-2H3. The molecule has 0 amide bonds. The van der Waals surface area contributed by atoms with Gasteiger partial charge in [-0.3, -0.25) is 4.90 Å². The number of hydrogen-bond acceptors (Lipinski definition) is 3. The van der Waals surface area contributed by atoms with E-state index in [1.165, 1.54) is 24.0 Å². The van der Waals surface area contributed by atoms with Crippen LogP contribution in [-0.2, 0) is 11.3 Å². The van der Waals surface area contributed by atoms with E-state index in [0.29, 0.717) is 25.2 Å². The number of likely N-dealkylation sites (tertiary alicyclic amines) is 1. The van der Waals surface area contributed by atoms with Gasteiger partial charge in [0.15, 0.2) is 0 Å². The summed E-state index contributed by atoms with van der Waals surface area (Å²) in [6.07, 6.45) is 2.56. The van der Waals surface area contributed by atoms with Crippen LogP contribution < -0.4 is 5.73 Å². The van der Waals surface area contributed by atoms with E-state index >= 15 is 0 Å². The first-order chi connectivity index (χ1) is 8.77. The first-order valence-electron chi connectivity index (χ1n) is 6.80. The van der Waals surface area contributed by atoms with E-state index in [-0.39, 0.29) is 0 Å². The van der Waals surface area contributed by atoms with Gasteiger partial charge in [0.2, 0.25) is 0 Å². The Morgan fingerprint density at radius 3 is 2.83 bits per heavy atom. The molecule has 100 valence electrons. The molecule has 2 unspecified atom stereocenters. The average molecular weight is 248 g/mol. The van der Waals surface area contributed by atoms with Crippen molar-refractivity contribution >= 4 is 0 Å². The van der Waals surface area contributed by atoms with Crippen molar-refractivity contribution in [2.75, 3.05) is 20.2 Å². The van der Waals surface area contributed by atoms with Gasteiger partial charge in [-0.2, -0.15) is 0 Å². The molecule has 2 atom stereocenters. The average Bonchev–Trinajstić information content (AvgIpc) is 2.79. The molecule has 1 aromatic rings. The van der Waals surface area contributed by atoms with Crippen molar-refractivity contribution < 1.29 is 4.74 Å². The molecule has 0 aliphatic carbocycles. The van der Waals surface area contributed by atoms with Gasteiger partial charge in [0.1, 0.15) is 0 Å². The Hall–Kier alpha value is -0.900. The van der Waals surface area contributed by atoms with E-state index < -0.39 is 0 Å². The molecule has 0 aromatic heterocycles. The zero-order valence-corrected chi connectivity index (χ0v) is 11.4. The summed E-state index contributed by atoms with van der Waals surface area (Å²) in [7, 11) is 1.74. The van der Waals surface area contributed by atoms with Crippen LogP contribution in [0.15, 0.2) is 24.3 Å². The Morgan fingerprint density at radius 2 is 2.22 bits per heavy atom. The highest BCUT2D eigenvalue weighted by atomic mass is 16.5. The van der Waals surface area contributed by atoms with E-state index in [4.69, 9.17) is 10.5 Å². The lowest BCUT2D eigenvalue weighted by molar-refractivity contribution is 0.172. The molecule has 1 saturated heterocycles. The molecule has 2 rings (SSSR count). The fourth-order valence-electron chi connectivity index (χ4n) is 3.01. The van der Waals surface area contributed by atoms with Crippen LogP contribution in [0.5, 0.6) is 0 Å². The van der Waals surface area contributed by atoms with Crippen LogP contribution in [0.1, 0.15) is 36.9 Å². The molecular formula is C15H24N2O. The van der Waals surface area contributed by atoms with Crippen molar-refractivity contribution in [1.29, 1.82) is 0 Å². The van der Waals surface area contributed by atoms with Crippen LogP contribution in [-0.4, -0.2) is 31.1 Å². The molecule has 3 nitrogen and oxygen atoms in total. The van der Waals surface area contributed by atoms with Crippen molar-refractivity contribution in [3.05, 3.63) is 35.4 Å². The van der Waals surface area contributed by atoms with Gasteiger partial charge in [-0.1, -0.05) is 24.3 Å². The Morgan fingerprint density at radius 1 is 1.44 bits per heavy atom. The molecule has 1 heterocycles. The molecule has 3 heteroatoms. The van der Waals surface area contributed by atoms with Gasteiger partial charge < -0.3 is 10.5 Å². The summed E-state index contributed by atoms with van der Waals surface area (Å²) in [6.45, 7) is 4.79. The number of nitrogens with two attached hydrogens (primary N) is 1. The molecular weight excluding hydrogens is 224 g/mol. The van der Waals surface area contributed by atoms with E-state index in [0.717, 1.165) is 6.54 Å². The van der Waals surface area contributed by atoms with Crippen molar-refractivity contribution in [2.45, 2.75) is 38.5 Å². The SMILES string of the molecule is COCc1ccccc1C(CN)N1CCCC1C. The molecule has 1 aliphatic heterocycles. The number of rotatable bonds is 5. The van der Waals surface area contributed by atoms with Crippen LogP contribution in [0.3, 0.4) is 0 Å². The Bertz CT molecular complexity index is 381. The molecule has 18 heavy (non-hydrogen) atoms. The minimum atomic E-state index is 0.328.